The zero-order valence-electron chi connectivity index (χ0n) is 25.5. The fraction of sp³-hybridized carbons (Fsp3) is 0.485. The zero-order valence-corrected chi connectivity index (χ0v) is 25.5. The van der Waals surface area contributed by atoms with Gasteiger partial charge in [0, 0.05) is 24.7 Å². The van der Waals surface area contributed by atoms with E-state index in [-0.39, 0.29) is 42.8 Å². The predicted molar refractivity (Wildman–Crippen MR) is 161 cm³/mol. The van der Waals surface area contributed by atoms with Crippen molar-refractivity contribution in [3.05, 3.63) is 64.2 Å². The minimum Gasteiger partial charge on any atom is -0.481 e. The summed E-state index contributed by atoms with van der Waals surface area (Å²) in [5.74, 6) is -1.85. The normalized spacial score (nSPS) is 19.3. The molecule has 0 spiro atoms. The third-order valence-electron chi connectivity index (χ3n) is 9.04. The molecule has 1 fully saturated rings. The highest BCUT2D eigenvalue weighted by molar-refractivity contribution is 6.27. The summed E-state index contributed by atoms with van der Waals surface area (Å²) in [5.41, 5.74) is 3.35. The summed E-state index contributed by atoms with van der Waals surface area (Å²) in [4.78, 5) is 66.4. The first kappa shape index (κ1) is 30.3. The zero-order chi connectivity index (χ0) is 31.2. The number of imide groups is 1. The van der Waals surface area contributed by atoms with Crippen LogP contribution in [0.15, 0.2) is 36.4 Å². The lowest BCUT2D eigenvalue weighted by Gasteiger charge is -2.44. The molecule has 5 rings (SSSR count). The molecule has 2 N–H and O–H groups in total. The van der Waals surface area contributed by atoms with Gasteiger partial charge in [-0.05, 0) is 78.3 Å². The first-order valence-electron chi connectivity index (χ1n) is 15.0. The van der Waals surface area contributed by atoms with Gasteiger partial charge in [-0.3, -0.25) is 19.2 Å². The van der Waals surface area contributed by atoms with E-state index in [1.165, 1.54) is 5.01 Å². The highest BCUT2D eigenvalue weighted by Crippen LogP contribution is 2.45. The van der Waals surface area contributed by atoms with Crippen molar-refractivity contribution in [2.45, 2.75) is 85.2 Å². The van der Waals surface area contributed by atoms with Crippen molar-refractivity contribution in [1.29, 1.82) is 0 Å². The maximum atomic E-state index is 14.6. The average molecular weight is 589 g/mol. The van der Waals surface area contributed by atoms with E-state index in [2.05, 4.69) is 26.1 Å². The summed E-state index contributed by atoms with van der Waals surface area (Å²) in [6, 6.07) is 9.76. The Labute approximate surface area is 252 Å². The average Bonchev–Trinajstić information content (AvgIpc) is 3.06. The minimum absolute atomic E-state index is 0.0279. The molecule has 1 saturated carbocycles. The molecule has 2 aliphatic heterocycles. The van der Waals surface area contributed by atoms with Crippen LogP contribution in [0.5, 0.6) is 0 Å². The van der Waals surface area contributed by atoms with Crippen molar-refractivity contribution in [3.8, 4) is 0 Å². The number of amides is 5. The summed E-state index contributed by atoms with van der Waals surface area (Å²) in [5, 5.41) is 13.7. The molecule has 3 aliphatic rings. The molecule has 10 nitrogen and oxygen atoms in total. The number of carboxylic acid groups (broad SMARTS) is 1. The Balaban J connectivity index is 1.44. The number of aliphatic carboxylic acids is 1. The second kappa shape index (κ2) is 11.5. The Bertz CT molecular complexity index is 1470. The number of hydrogen-bond donors (Lipinski definition) is 2. The SMILES string of the molecule is CC(C)c1c2ccc3c1C(=O)N(C3=O)N2C(=O)N(Cc1ccc(C(=O)NCCC(=O)O)cc1)C1CCC(C(C)(C)C)CC1. The third-order valence-corrected chi connectivity index (χ3v) is 9.04. The van der Waals surface area contributed by atoms with E-state index < -0.39 is 23.8 Å². The molecular formula is C33H40N4O6. The molecule has 0 radical (unpaired) electrons. The number of fused-ring (bicyclic) bond motifs is 2. The number of rotatable bonds is 8. The van der Waals surface area contributed by atoms with Gasteiger partial charge >= 0.3 is 12.0 Å². The highest BCUT2D eigenvalue weighted by atomic mass is 16.4. The Morgan fingerprint density at radius 2 is 1.63 bits per heavy atom. The number of carbonyl (C=O) groups is 5. The van der Waals surface area contributed by atoms with Crippen LogP contribution in [0.25, 0.3) is 0 Å². The minimum atomic E-state index is -0.990. The second-order valence-corrected chi connectivity index (χ2v) is 13.2. The molecule has 5 amide bonds. The number of carboxylic acids is 1. The van der Waals surface area contributed by atoms with Crippen molar-refractivity contribution >= 4 is 35.4 Å². The predicted octanol–water partition coefficient (Wildman–Crippen LogP) is 5.57. The quantitative estimate of drug-likeness (QED) is 0.388. The topological polar surface area (TPSA) is 127 Å². The molecule has 2 aromatic rings. The van der Waals surface area contributed by atoms with Crippen LogP contribution in [0, 0.1) is 11.3 Å². The van der Waals surface area contributed by atoms with E-state index in [4.69, 9.17) is 5.11 Å². The number of urea groups is 1. The van der Waals surface area contributed by atoms with Crippen LogP contribution in [0.4, 0.5) is 10.5 Å². The molecule has 2 aromatic carbocycles. The maximum absolute atomic E-state index is 14.6. The Morgan fingerprint density at radius 1 is 0.977 bits per heavy atom. The Morgan fingerprint density at radius 3 is 2.21 bits per heavy atom. The number of hydrogen-bond acceptors (Lipinski definition) is 5. The van der Waals surface area contributed by atoms with Crippen LogP contribution in [-0.4, -0.2) is 57.3 Å². The lowest BCUT2D eigenvalue weighted by molar-refractivity contribution is -0.136. The van der Waals surface area contributed by atoms with Crippen LogP contribution in [-0.2, 0) is 11.3 Å². The number of anilines is 1. The number of nitrogens with one attached hydrogen (secondary N) is 1. The lowest BCUT2D eigenvalue weighted by atomic mass is 9.71. The van der Waals surface area contributed by atoms with Gasteiger partial charge in [0.25, 0.3) is 17.7 Å². The van der Waals surface area contributed by atoms with Crippen molar-refractivity contribution in [2.24, 2.45) is 11.3 Å². The highest BCUT2D eigenvalue weighted by Gasteiger charge is 2.51. The first-order chi connectivity index (χ1) is 20.3. The van der Waals surface area contributed by atoms with Gasteiger partial charge in [0.1, 0.15) is 0 Å². The van der Waals surface area contributed by atoms with Crippen molar-refractivity contribution in [1.82, 2.24) is 15.2 Å². The largest absolute Gasteiger partial charge is 0.481 e. The van der Waals surface area contributed by atoms with Gasteiger partial charge in [-0.2, -0.15) is 10.0 Å². The van der Waals surface area contributed by atoms with Gasteiger partial charge in [0.15, 0.2) is 0 Å². The number of carbonyl (C=O) groups excluding carboxylic acids is 4. The molecule has 0 unspecified atom stereocenters. The smallest absolute Gasteiger partial charge is 0.344 e. The Hall–Kier alpha value is -4.21. The molecule has 43 heavy (non-hydrogen) atoms. The van der Waals surface area contributed by atoms with E-state index in [1.807, 2.05) is 13.8 Å². The monoisotopic (exact) mass is 588 g/mol. The molecule has 0 atom stereocenters. The van der Waals surface area contributed by atoms with Gasteiger partial charge < -0.3 is 15.3 Å². The second-order valence-electron chi connectivity index (χ2n) is 13.2. The van der Waals surface area contributed by atoms with Crippen LogP contribution in [0.2, 0.25) is 0 Å². The molecule has 0 saturated heterocycles. The standard InChI is InChI=1S/C33H40N4O6/c1-19(2)27-25-15-14-24-28(27)31(42)37(30(24)41)36(25)32(43)35(23-12-10-22(11-13-23)33(3,4)5)18-20-6-8-21(9-7-20)29(40)34-17-16-26(38)39/h6-9,14-15,19,22-23H,10-13,16-18H2,1-5H3,(H,34,40)(H,38,39). The van der Waals surface area contributed by atoms with Crippen molar-refractivity contribution < 1.29 is 29.1 Å². The van der Waals surface area contributed by atoms with Crippen molar-refractivity contribution in [3.63, 3.8) is 0 Å². The summed E-state index contributed by atoms with van der Waals surface area (Å²) >= 11 is 0. The van der Waals surface area contributed by atoms with Crippen LogP contribution in [0.3, 0.4) is 0 Å². The molecule has 1 aliphatic carbocycles. The van der Waals surface area contributed by atoms with Gasteiger partial charge in [-0.25, -0.2) is 4.79 Å². The van der Waals surface area contributed by atoms with Gasteiger partial charge in [0.05, 0.1) is 23.2 Å². The molecule has 0 aromatic heterocycles. The van der Waals surface area contributed by atoms with Crippen LogP contribution >= 0.6 is 0 Å². The maximum Gasteiger partial charge on any atom is 0.344 e. The van der Waals surface area contributed by atoms with Gasteiger partial charge in [0.2, 0.25) is 0 Å². The van der Waals surface area contributed by atoms with Gasteiger partial charge in [-0.1, -0.05) is 46.8 Å². The fourth-order valence-corrected chi connectivity index (χ4v) is 6.65. The summed E-state index contributed by atoms with van der Waals surface area (Å²) in [6.45, 7) is 10.9. The lowest BCUT2D eigenvalue weighted by Crippen LogP contribution is -2.58. The van der Waals surface area contributed by atoms with E-state index in [0.29, 0.717) is 33.9 Å². The first-order valence-corrected chi connectivity index (χ1v) is 15.0. The molecule has 2 heterocycles. The van der Waals surface area contributed by atoms with Gasteiger partial charge in [-0.15, -0.1) is 0 Å². The number of nitrogens with zero attached hydrogens (tertiary/aromatic N) is 3. The molecular weight excluding hydrogens is 548 g/mol. The Kier molecular flexibility index (Phi) is 8.07. The van der Waals surface area contributed by atoms with E-state index >= 15 is 0 Å². The molecule has 10 heteroatoms. The van der Waals surface area contributed by atoms with Crippen LogP contribution in [0.1, 0.15) is 115 Å². The summed E-state index contributed by atoms with van der Waals surface area (Å²) < 4.78 is 0. The fourth-order valence-electron chi connectivity index (χ4n) is 6.65. The number of hydrazine groups is 1. The van der Waals surface area contributed by atoms with E-state index in [0.717, 1.165) is 36.3 Å². The molecule has 3 bridgehead atoms. The number of benzene rings is 2. The van der Waals surface area contributed by atoms with E-state index in [1.54, 1.807) is 41.3 Å². The molecule has 228 valence electrons. The third kappa shape index (κ3) is 5.62. The van der Waals surface area contributed by atoms with Crippen molar-refractivity contribution in [2.75, 3.05) is 11.6 Å². The van der Waals surface area contributed by atoms with E-state index in [9.17, 15) is 24.0 Å². The summed E-state index contributed by atoms with van der Waals surface area (Å²) in [7, 11) is 0. The van der Waals surface area contributed by atoms with Crippen LogP contribution < -0.4 is 10.3 Å². The summed E-state index contributed by atoms with van der Waals surface area (Å²) in [6.07, 6.45) is 3.36.